The van der Waals surface area contributed by atoms with Gasteiger partial charge in [0.25, 0.3) is 11.6 Å². The van der Waals surface area contributed by atoms with E-state index in [9.17, 15) is 19.7 Å². The molecule has 1 fully saturated rings. The number of aromatic nitrogens is 1. The zero-order valence-electron chi connectivity index (χ0n) is 12.1. The maximum absolute atomic E-state index is 11.9. The van der Waals surface area contributed by atoms with E-state index >= 15 is 0 Å². The first-order valence-electron chi connectivity index (χ1n) is 6.70. The van der Waals surface area contributed by atoms with E-state index in [-0.39, 0.29) is 11.4 Å². The lowest BCUT2D eigenvalue weighted by Gasteiger charge is -2.07. The van der Waals surface area contributed by atoms with Crippen LogP contribution >= 0.6 is 0 Å². The Morgan fingerprint density at radius 1 is 1.22 bits per heavy atom. The molecule has 2 heterocycles. The molecule has 3 rings (SSSR count). The van der Waals surface area contributed by atoms with Gasteiger partial charge < -0.3 is 9.88 Å². The Morgan fingerprint density at radius 3 is 2.65 bits per heavy atom. The van der Waals surface area contributed by atoms with E-state index in [0.29, 0.717) is 11.4 Å². The molecule has 1 aromatic carbocycles. The predicted molar refractivity (Wildman–Crippen MR) is 81.7 cm³/mol. The lowest BCUT2D eigenvalue weighted by atomic mass is 10.2. The van der Waals surface area contributed by atoms with Crippen LogP contribution in [0.4, 0.5) is 10.5 Å². The quantitative estimate of drug-likeness (QED) is 0.405. The smallest absolute Gasteiger partial charge is 0.317 e. The number of non-ortho nitro benzene ring substituents is 1. The number of nitro groups is 1. The van der Waals surface area contributed by atoms with Crippen molar-refractivity contribution in [3.05, 3.63) is 64.1 Å². The van der Waals surface area contributed by atoms with E-state index in [1.807, 2.05) is 0 Å². The molecule has 23 heavy (non-hydrogen) atoms. The van der Waals surface area contributed by atoms with Crippen LogP contribution in [-0.2, 0) is 4.79 Å². The summed E-state index contributed by atoms with van der Waals surface area (Å²) in [4.78, 5) is 34.8. The van der Waals surface area contributed by atoms with Crippen LogP contribution in [0.5, 0.6) is 0 Å². The van der Waals surface area contributed by atoms with Crippen LogP contribution in [0.1, 0.15) is 5.69 Å². The topological polar surface area (TPSA) is 97.5 Å². The molecule has 0 radical (unpaired) electrons. The number of amides is 3. The Morgan fingerprint density at radius 2 is 2.00 bits per heavy atom. The first kappa shape index (κ1) is 14.5. The van der Waals surface area contributed by atoms with Crippen molar-refractivity contribution >= 4 is 23.7 Å². The van der Waals surface area contributed by atoms with Gasteiger partial charge in [-0.05, 0) is 24.3 Å². The standard InChI is InChI=1S/C15H12N4O4/c1-17-14(20)13(16-15(17)21)9-11-6-3-7-18(11)10-4-2-5-12(8-10)19(22)23/h2-9H,1H3,(H,16,21)/b13-9+. The minimum absolute atomic E-state index is 0.0280. The number of hydrogen-bond acceptors (Lipinski definition) is 4. The Labute approximate surface area is 130 Å². The summed E-state index contributed by atoms with van der Waals surface area (Å²) >= 11 is 0. The molecule has 2 aromatic rings. The van der Waals surface area contributed by atoms with E-state index in [1.165, 1.54) is 25.3 Å². The van der Waals surface area contributed by atoms with Crippen LogP contribution in [0.25, 0.3) is 11.8 Å². The number of rotatable bonds is 3. The van der Waals surface area contributed by atoms with Crippen molar-refractivity contribution in [2.45, 2.75) is 0 Å². The summed E-state index contributed by atoms with van der Waals surface area (Å²) in [5, 5.41) is 13.4. The van der Waals surface area contributed by atoms with Crippen molar-refractivity contribution < 1.29 is 14.5 Å². The Hall–Kier alpha value is -3.42. The van der Waals surface area contributed by atoms with E-state index in [1.54, 1.807) is 35.0 Å². The number of carbonyl (C=O) groups is 2. The highest BCUT2D eigenvalue weighted by molar-refractivity contribution is 6.13. The molecule has 3 amide bonds. The molecule has 0 atom stereocenters. The van der Waals surface area contributed by atoms with Crippen LogP contribution in [0.15, 0.2) is 48.3 Å². The minimum atomic E-state index is -0.491. The SMILES string of the molecule is CN1C(=O)N/C(=C/c2cccn2-c2cccc([N+](=O)[O-])c2)C1=O. The molecule has 1 saturated heterocycles. The van der Waals surface area contributed by atoms with Crippen LogP contribution in [0, 0.1) is 10.1 Å². The summed E-state index contributed by atoms with van der Waals surface area (Å²) in [6.07, 6.45) is 3.25. The largest absolute Gasteiger partial charge is 0.328 e. The Bertz CT molecular complexity index is 853. The van der Waals surface area contributed by atoms with Gasteiger partial charge in [-0.3, -0.25) is 19.8 Å². The van der Waals surface area contributed by atoms with Gasteiger partial charge in [0.2, 0.25) is 0 Å². The fraction of sp³-hybridized carbons (Fsp3) is 0.0667. The second kappa shape index (κ2) is 5.41. The fourth-order valence-electron chi connectivity index (χ4n) is 2.27. The highest BCUT2D eigenvalue weighted by atomic mass is 16.6. The van der Waals surface area contributed by atoms with Gasteiger partial charge in [-0.1, -0.05) is 6.07 Å². The molecule has 0 unspecified atom stereocenters. The van der Waals surface area contributed by atoms with Crippen molar-refractivity contribution in [3.8, 4) is 5.69 Å². The summed E-state index contributed by atoms with van der Waals surface area (Å²) in [5.41, 5.74) is 1.33. The van der Waals surface area contributed by atoms with E-state index < -0.39 is 16.9 Å². The average Bonchev–Trinajstić information content (AvgIpc) is 3.09. The maximum Gasteiger partial charge on any atom is 0.328 e. The van der Waals surface area contributed by atoms with Crippen LogP contribution in [-0.4, -0.2) is 33.4 Å². The number of hydrogen-bond donors (Lipinski definition) is 1. The third-order valence-electron chi connectivity index (χ3n) is 3.47. The summed E-state index contributed by atoms with van der Waals surface area (Å²) in [6.45, 7) is 0. The fourth-order valence-corrected chi connectivity index (χ4v) is 2.27. The third kappa shape index (κ3) is 2.57. The molecule has 1 aromatic heterocycles. The van der Waals surface area contributed by atoms with Gasteiger partial charge in [0.15, 0.2) is 0 Å². The Balaban J connectivity index is 2.01. The zero-order chi connectivity index (χ0) is 16.6. The van der Waals surface area contributed by atoms with E-state index in [4.69, 9.17) is 0 Å². The number of urea groups is 1. The second-order valence-corrected chi connectivity index (χ2v) is 4.93. The van der Waals surface area contributed by atoms with Gasteiger partial charge in [0, 0.05) is 31.1 Å². The molecule has 0 bridgehead atoms. The van der Waals surface area contributed by atoms with Crippen molar-refractivity contribution in [3.63, 3.8) is 0 Å². The number of benzene rings is 1. The third-order valence-corrected chi connectivity index (χ3v) is 3.47. The molecule has 1 aliphatic heterocycles. The van der Waals surface area contributed by atoms with Crippen molar-refractivity contribution in [2.24, 2.45) is 0 Å². The first-order chi connectivity index (χ1) is 11.0. The lowest BCUT2D eigenvalue weighted by Crippen LogP contribution is -2.25. The molecule has 0 aliphatic carbocycles. The van der Waals surface area contributed by atoms with Crippen LogP contribution in [0.3, 0.4) is 0 Å². The number of carbonyl (C=O) groups excluding carboxylic acids is 2. The molecular weight excluding hydrogens is 300 g/mol. The highest BCUT2D eigenvalue weighted by Gasteiger charge is 2.30. The van der Waals surface area contributed by atoms with Gasteiger partial charge in [-0.2, -0.15) is 0 Å². The highest BCUT2D eigenvalue weighted by Crippen LogP contribution is 2.21. The molecule has 8 nitrogen and oxygen atoms in total. The summed E-state index contributed by atoms with van der Waals surface area (Å²) < 4.78 is 1.69. The average molecular weight is 312 g/mol. The normalized spacial score (nSPS) is 16.0. The van der Waals surface area contributed by atoms with Gasteiger partial charge in [0.1, 0.15) is 5.70 Å². The summed E-state index contributed by atoms with van der Waals surface area (Å²) in [6, 6.07) is 9.13. The maximum atomic E-state index is 11.9. The monoisotopic (exact) mass is 312 g/mol. The molecular formula is C15H12N4O4. The van der Waals surface area contributed by atoms with Crippen molar-refractivity contribution in [1.82, 2.24) is 14.8 Å². The number of likely N-dealkylation sites (N-methyl/N-ethyl adjacent to an activating group) is 1. The molecule has 0 spiro atoms. The number of nitro benzene ring substituents is 1. The number of imide groups is 1. The van der Waals surface area contributed by atoms with Crippen LogP contribution < -0.4 is 5.32 Å². The molecule has 1 aliphatic rings. The Kier molecular flexibility index (Phi) is 3.41. The first-order valence-corrected chi connectivity index (χ1v) is 6.70. The molecule has 8 heteroatoms. The summed E-state index contributed by atoms with van der Waals surface area (Å²) in [5.74, 6) is -0.429. The minimum Gasteiger partial charge on any atom is -0.317 e. The van der Waals surface area contributed by atoms with Gasteiger partial charge in [0.05, 0.1) is 10.6 Å². The number of nitrogens with zero attached hydrogens (tertiary/aromatic N) is 3. The van der Waals surface area contributed by atoms with Gasteiger partial charge >= 0.3 is 6.03 Å². The lowest BCUT2D eigenvalue weighted by molar-refractivity contribution is -0.384. The number of nitrogens with one attached hydrogen (secondary N) is 1. The molecule has 1 N–H and O–H groups in total. The van der Waals surface area contributed by atoms with Crippen LogP contribution in [0.2, 0.25) is 0 Å². The van der Waals surface area contributed by atoms with Crippen molar-refractivity contribution in [1.29, 1.82) is 0 Å². The summed E-state index contributed by atoms with van der Waals surface area (Å²) in [7, 11) is 1.39. The predicted octanol–water partition coefficient (Wildman–Crippen LogP) is 1.91. The van der Waals surface area contributed by atoms with Gasteiger partial charge in [-0.25, -0.2) is 4.79 Å². The van der Waals surface area contributed by atoms with E-state index in [0.717, 1.165) is 4.90 Å². The van der Waals surface area contributed by atoms with Crippen molar-refractivity contribution in [2.75, 3.05) is 7.05 Å². The van der Waals surface area contributed by atoms with E-state index in [2.05, 4.69) is 5.32 Å². The van der Waals surface area contributed by atoms with Gasteiger partial charge in [-0.15, -0.1) is 0 Å². The molecule has 0 saturated carbocycles. The zero-order valence-corrected chi connectivity index (χ0v) is 12.1. The second-order valence-electron chi connectivity index (χ2n) is 4.93. The molecule has 116 valence electrons.